The summed E-state index contributed by atoms with van der Waals surface area (Å²) >= 11 is 0. The lowest BCUT2D eigenvalue weighted by Crippen LogP contribution is -2.29. The van der Waals surface area contributed by atoms with Crippen molar-refractivity contribution in [1.29, 1.82) is 0 Å². The number of benzene rings is 2. The lowest BCUT2D eigenvalue weighted by molar-refractivity contribution is 0.337. The first-order chi connectivity index (χ1) is 15.7. The molecule has 1 saturated heterocycles. The van der Waals surface area contributed by atoms with Crippen molar-refractivity contribution in [2.75, 3.05) is 13.1 Å². The fraction of sp³-hybridized carbons (Fsp3) is 0.280. The van der Waals surface area contributed by atoms with Crippen LogP contribution in [0.5, 0.6) is 0 Å². The average molecular weight is 427 g/mol. The minimum absolute atomic E-state index is 0.224. The van der Waals surface area contributed by atoms with E-state index < -0.39 is 0 Å². The molecule has 0 atom stereocenters. The maximum atomic E-state index is 13.0. The number of aromatic nitrogens is 5. The number of nitrogens with one attached hydrogen (secondary N) is 2. The monoisotopic (exact) mass is 426 g/mol. The Labute approximate surface area is 185 Å². The molecular weight excluding hydrogens is 400 g/mol. The molecule has 1 aliphatic heterocycles. The molecule has 0 amide bonds. The van der Waals surface area contributed by atoms with Crippen LogP contribution in [0, 0.1) is 5.92 Å². The predicted octanol–water partition coefficient (Wildman–Crippen LogP) is 3.67. The van der Waals surface area contributed by atoms with Crippen LogP contribution in [0.3, 0.4) is 0 Å². The third kappa shape index (κ3) is 3.00. The van der Waals surface area contributed by atoms with Crippen molar-refractivity contribution in [3.63, 3.8) is 0 Å². The molecule has 162 valence electrons. The van der Waals surface area contributed by atoms with Crippen LogP contribution in [0.4, 0.5) is 0 Å². The smallest absolute Gasteiger partial charge is 0.348 e. The van der Waals surface area contributed by atoms with Gasteiger partial charge in [-0.3, -0.25) is 0 Å². The van der Waals surface area contributed by atoms with Gasteiger partial charge >= 0.3 is 5.69 Å². The van der Waals surface area contributed by atoms with Crippen molar-refractivity contribution >= 4 is 21.8 Å². The second kappa shape index (κ2) is 7.53. The maximum absolute atomic E-state index is 13.0. The maximum Gasteiger partial charge on any atom is 0.348 e. The number of aryl methyl sites for hydroxylation is 1. The highest BCUT2D eigenvalue weighted by atomic mass is 16.1. The Bertz CT molecular complexity index is 1480. The van der Waals surface area contributed by atoms with Gasteiger partial charge in [0.15, 0.2) is 5.82 Å². The quantitative estimate of drug-likeness (QED) is 0.461. The molecule has 0 saturated carbocycles. The fourth-order valence-corrected chi connectivity index (χ4v) is 5.12. The molecule has 3 aromatic heterocycles. The van der Waals surface area contributed by atoms with Gasteiger partial charge in [-0.1, -0.05) is 36.4 Å². The molecule has 1 fully saturated rings. The van der Waals surface area contributed by atoms with E-state index >= 15 is 0 Å². The Morgan fingerprint density at radius 3 is 2.50 bits per heavy atom. The molecule has 0 bridgehead atoms. The number of piperidine rings is 1. The molecular formula is C25H26N6O. The molecule has 4 heterocycles. The molecule has 7 nitrogen and oxygen atoms in total. The van der Waals surface area contributed by atoms with Gasteiger partial charge in [0, 0.05) is 47.8 Å². The number of rotatable bonds is 4. The van der Waals surface area contributed by atoms with E-state index in [1.165, 1.54) is 12.8 Å². The first kappa shape index (κ1) is 19.1. The Hall–Kier alpha value is -3.58. The number of hydrogen-bond acceptors (Lipinski definition) is 3. The number of para-hydroxylation sites is 2. The lowest BCUT2D eigenvalue weighted by Gasteiger charge is -2.23. The van der Waals surface area contributed by atoms with Gasteiger partial charge in [0.05, 0.1) is 11.2 Å². The van der Waals surface area contributed by atoms with Crippen LogP contribution < -0.4 is 11.0 Å². The highest BCUT2D eigenvalue weighted by Gasteiger charge is 2.22. The second-order valence-electron chi connectivity index (χ2n) is 8.74. The van der Waals surface area contributed by atoms with Gasteiger partial charge in [-0.25, -0.2) is 14.5 Å². The Morgan fingerprint density at radius 1 is 0.969 bits per heavy atom. The Balaban J connectivity index is 1.53. The van der Waals surface area contributed by atoms with E-state index in [9.17, 15) is 4.79 Å². The summed E-state index contributed by atoms with van der Waals surface area (Å²) in [6.07, 6.45) is 6.52. The molecule has 2 N–H and O–H groups in total. The van der Waals surface area contributed by atoms with Crippen molar-refractivity contribution in [2.24, 2.45) is 13.0 Å². The highest BCUT2D eigenvalue weighted by molar-refractivity contribution is 5.96. The minimum atomic E-state index is -0.224. The number of aromatic amines is 1. The van der Waals surface area contributed by atoms with E-state index in [0.29, 0.717) is 11.7 Å². The van der Waals surface area contributed by atoms with Gasteiger partial charge in [0.25, 0.3) is 0 Å². The summed E-state index contributed by atoms with van der Waals surface area (Å²) in [6.45, 7) is 3.10. The van der Waals surface area contributed by atoms with E-state index in [0.717, 1.165) is 52.7 Å². The van der Waals surface area contributed by atoms with Crippen LogP contribution in [-0.4, -0.2) is 37.0 Å². The van der Waals surface area contributed by atoms with E-state index in [1.807, 2.05) is 31.4 Å². The third-order valence-corrected chi connectivity index (χ3v) is 6.73. The molecule has 32 heavy (non-hydrogen) atoms. The van der Waals surface area contributed by atoms with Crippen molar-refractivity contribution in [2.45, 2.75) is 19.4 Å². The molecule has 7 heteroatoms. The van der Waals surface area contributed by atoms with Crippen LogP contribution in [0.15, 0.2) is 65.7 Å². The van der Waals surface area contributed by atoms with Crippen LogP contribution in [0.2, 0.25) is 0 Å². The van der Waals surface area contributed by atoms with Gasteiger partial charge in [-0.15, -0.1) is 0 Å². The molecule has 1 aliphatic rings. The number of fused-ring (bicyclic) bond motifs is 2. The molecule has 0 spiro atoms. The normalized spacial score (nSPS) is 15.2. The highest BCUT2D eigenvalue weighted by Crippen LogP contribution is 2.32. The van der Waals surface area contributed by atoms with Crippen molar-refractivity contribution in [3.8, 4) is 17.1 Å². The van der Waals surface area contributed by atoms with Crippen LogP contribution in [0.25, 0.3) is 38.9 Å². The average Bonchev–Trinajstić information content (AvgIpc) is 3.48. The molecule has 5 aromatic rings. The van der Waals surface area contributed by atoms with Gasteiger partial charge in [-0.05, 0) is 44.0 Å². The van der Waals surface area contributed by atoms with E-state index in [-0.39, 0.29) is 5.69 Å². The summed E-state index contributed by atoms with van der Waals surface area (Å²) in [7, 11) is 2.02. The summed E-state index contributed by atoms with van der Waals surface area (Å²) in [5, 5.41) is 12.7. The van der Waals surface area contributed by atoms with E-state index in [1.54, 1.807) is 4.57 Å². The summed E-state index contributed by atoms with van der Waals surface area (Å²) < 4.78 is 6.12. The predicted molar refractivity (Wildman–Crippen MR) is 127 cm³/mol. The zero-order valence-corrected chi connectivity index (χ0v) is 18.1. The van der Waals surface area contributed by atoms with Crippen LogP contribution >= 0.6 is 0 Å². The minimum Gasteiger partial charge on any atom is -0.350 e. The van der Waals surface area contributed by atoms with E-state index in [4.69, 9.17) is 0 Å². The first-order valence-corrected chi connectivity index (χ1v) is 11.2. The summed E-state index contributed by atoms with van der Waals surface area (Å²) in [4.78, 5) is 13.0. The number of nitrogens with zero attached hydrogens (tertiary/aromatic N) is 4. The van der Waals surface area contributed by atoms with Crippen molar-refractivity contribution in [1.82, 2.24) is 29.2 Å². The lowest BCUT2D eigenvalue weighted by atomic mass is 9.98. The van der Waals surface area contributed by atoms with Gasteiger partial charge in [0.2, 0.25) is 0 Å². The van der Waals surface area contributed by atoms with Gasteiger partial charge in [0.1, 0.15) is 0 Å². The first-order valence-electron chi connectivity index (χ1n) is 11.2. The standard InChI is InChI=1S/C25H26N6O/c1-29-15-20(18-6-2-4-8-21(18)29)24-27-28-25(32)31(24)23-16-30(14-17-10-12-26-13-11-17)22-9-5-3-7-19(22)23/h2-9,15-17,26H,10-14H2,1H3,(H,28,32). The number of H-pyrrole nitrogens is 1. The molecule has 2 aromatic carbocycles. The Kier molecular flexibility index (Phi) is 4.50. The number of hydrogen-bond donors (Lipinski definition) is 2. The van der Waals surface area contributed by atoms with Gasteiger partial charge < -0.3 is 14.5 Å². The van der Waals surface area contributed by atoms with Gasteiger partial charge in [-0.2, -0.15) is 5.10 Å². The SMILES string of the molecule is Cn1cc(-c2n[nH]c(=O)n2-c2cn(CC3CCNCC3)c3ccccc23)c2ccccc21. The molecule has 0 unspecified atom stereocenters. The zero-order chi connectivity index (χ0) is 21.7. The molecule has 6 rings (SSSR count). The van der Waals surface area contributed by atoms with Crippen molar-refractivity contribution in [3.05, 3.63) is 71.4 Å². The zero-order valence-electron chi connectivity index (χ0n) is 18.1. The summed E-state index contributed by atoms with van der Waals surface area (Å²) in [5.41, 5.74) is 3.85. The fourth-order valence-electron chi connectivity index (χ4n) is 5.12. The Morgan fingerprint density at radius 2 is 1.69 bits per heavy atom. The topological polar surface area (TPSA) is 72.6 Å². The summed E-state index contributed by atoms with van der Waals surface area (Å²) in [5.74, 6) is 1.27. The van der Waals surface area contributed by atoms with Crippen LogP contribution in [0.1, 0.15) is 12.8 Å². The van der Waals surface area contributed by atoms with Crippen LogP contribution in [-0.2, 0) is 13.6 Å². The largest absolute Gasteiger partial charge is 0.350 e. The van der Waals surface area contributed by atoms with E-state index in [2.05, 4.69) is 61.2 Å². The third-order valence-electron chi connectivity index (χ3n) is 6.73. The molecule has 0 aliphatic carbocycles. The summed E-state index contributed by atoms with van der Waals surface area (Å²) in [6, 6.07) is 16.5. The van der Waals surface area contributed by atoms with Crippen molar-refractivity contribution < 1.29 is 0 Å². The second-order valence-corrected chi connectivity index (χ2v) is 8.74. The molecule has 0 radical (unpaired) electrons.